The minimum atomic E-state index is 0.318. The van der Waals surface area contributed by atoms with Crippen LogP contribution in [0.1, 0.15) is 40.0 Å². The molecular weight excluding hydrogens is 200 g/mol. The molecule has 0 aromatic carbocycles. The molecular formula is C13H26N2O. The van der Waals surface area contributed by atoms with Gasteiger partial charge in [0.05, 0.1) is 0 Å². The summed E-state index contributed by atoms with van der Waals surface area (Å²) in [5.74, 6) is 2.08. The minimum absolute atomic E-state index is 0.318. The first-order valence-corrected chi connectivity index (χ1v) is 6.50. The van der Waals surface area contributed by atoms with Gasteiger partial charge in [0.25, 0.3) is 0 Å². The van der Waals surface area contributed by atoms with Crippen molar-refractivity contribution in [2.75, 3.05) is 19.6 Å². The lowest BCUT2D eigenvalue weighted by atomic mass is 9.91. The number of nitrogens with zero attached hydrogens (tertiary/aromatic N) is 1. The molecule has 1 fully saturated rings. The molecule has 3 unspecified atom stereocenters. The van der Waals surface area contributed by atoms with E-state index in [1.807, 2.05) is 4.90 Å². The molecule has 1 aliphatic heterocycles. The normalized spacial score (nSPS) is 27.9. The molecule has 16 heavy (non-hydrogen) atoms. The lowest BCUT2D eigenvalue weighted by Crippen LogP contribution is -2.42. The van der Waals surface area contributed by atoms with Gasteiger partial charge >= 0.3 is 0 Å². The monoisotopic (exact) mass is 226 g/mol. The highest BCUT2D eigenvalue weighted by Crippen LogP contribution is 2.22. The topological polar surface area (TPSA) is 46.3 Å². The fourth-order valence-corrected chi connectivity index (χ4v) is 2.51. The third-order valence-corrected chi connectivity index (χ3v) is 3.47. The molecule has 0 spiro atoms. The maximum absolute atomic E-state index is 12.0. The number of amides is 1. The predicted octanol–water partition coefficient (Wildman–Crippen LogP) is 1.87. The van der Waals surface area contributed by atoms with Gasteiger partial charge in [-0.2, -0.15) is 0 Å². The van der Waals surface area contributed by atoms with E-state index in [1.54, 1.807) is 0 Å². The van der Waals surface area contributed by atoms with Crippen LogP contribution in [-0.2, 0) is 4.79 Å². The Morgan fingerprint density at radius 1 is 1.38 bits per heavy atom. The van der Waals surface area contributed by atoms with Crippen LogP contribution in [0.15, 0.2) is 0 Å². The quantitative estimate of drug-likeness (QED) is 0.795. The summed E-state index contributed by atoms with van der Waals surface area (Å²) in [5.41, 5.74) is 5.56. The van der Waals surface area contributed by atoms with Crippen molar-refractivity contribution >= 4 is 5.91 Å². The van der Waals surface area contributed by atoms with Crippen LogP contribution < -0.4 is 5.73 Å². The van der Waals surface area contributed by atoms with Crippen LogP contribution in [0.3, 0.4) is 0 Å². The summed E-state index contributed by atoms with van der Waals surface area (Å²) < 4.78 is 0. The fraction of sp³-hybridized carbons (Fsp3) is 0.923. The molecule has 3 nitrogen and oxygen atoms in total. The zero-order chi connectivity index (χ0) is 12.1. The van der Waals surface area contributed by atoms with Crippen LogP contribution in [0.5, 0.6) is 0 Å². The first-order valence-electron chi connectivity index (χ1n) is 6.50. The molecule has 0 radical (unpaired) electrons. The van der Waals surface area contributed by atoms with E-state index in [4.69, 9.17) is 5.73 Å². The van der Waals surface area contributed by atoms with Crippen molar-refractivity contribution in [2.24, 2.45) is 23.5 Å². The summed E-state index contributed by atoms with van der Waals surface area (Å²) in [6, 6.07) is 0. The Hall–Kier alpha value is -0.570. The number of hydrogen-bond acceptors (Lipinski definition) is 2. The number of likely N-dealkylation sites (tertiary alicyclic amines) is 1. The van der Waals surface area contributed by atoms with E-state index < -0.39 is 0 Å². The van der Waals surface area contributed by atoms with Gasteiger partial charge in [0.1, 0.15) is 0 Å². The van der Waals surface area contributed by atoms with Gasteiger partial charge < -0.3 is 10.6 Å². The van der Waals surface area contributed by atoms with Gasteiger partial charge in [-0.15, -0.1) is 0 Å². The van der Waals surface area contributed by atoms with Crippen molar-refractivity contribution in [3.63, 3.8) is 0 Å². The highest BCUT2D eigenvalue weighted by Gasteiger charge is 2.25. The highest BCUT2D eigenvalue weighted by molar-refractivity contribution is 5.76. The molecule has 3 heteroatoms. The van der Waals surface area contributed by atoms with Crippen molar-refractivity contribution in [1.29, 1.82) is 0 Å². The number of hydrogen-bond donors (Lipinski definition) is 1. The van der Waals surface area contributed by atoms with Crippen LogP contribution in [0, 0.1) is 17.8 Å². The molecule has 1 saturated heterocycles. The number of piperidine rings is 1. The SMILES string of the molecule is CC(CN)CCC(=O)N1CC(C)CC(C)C1. The maximum atomic E-state index is 12.0. The van der Waals surface area contributed by atoms with E-state index >= 15 is 0 Å². The van der Waals surface area contributed by atoms with Crippen LogP contribution in [0.25, 0.3) is 0 Å². The zero-order valence-electron chi connectivity index (χ0n) is 10.9. The fourth-order valence-electron chi connectivity index (χ4n) is 2.51. The number of carbonyl (C=O) groups is 1. The molecule has 0 aliphatic carbocycles. The van der Waals surface area contributed by atoms with Gasteiger partial charge in [-0.05, 0) is 37.1 Å². The van der Waals surface area contributed by atoms with E-state index in [1.165, 1.54) is 6.42 Å². The molecule has 1 heterocycles. The van der Waals surface area contributed by atoms with Crippen molar-refractivity contribution < 1.29 is 4.79 Å². The molecule has 0 saturated carbocycles. The third-order valence-electron chi connectivity index (χ3n) is 3.47. The first kappa shape index (κ1) is 13.5. The second-order valence-electron chi connectivity index (χ2n) is 5.62. The molecule has 3 atom stereocenters. The minimum Gasteiger partial charge on any atom is -0.342 e. The van der Waals surface area contributed by atoms with E-state index in [0.717, 1.165) is 19.5 Å². The Morgan fingerprint density at radius 3 is 2.44 bits per heavy atom. The van der Waals surface area contributed by atoms with Crippen molar-refractivity contribution in [3.05, 3.63) is 0 Å². The number of nitrogens with two attached hydrogens (primary N) is 1. The second-order valence-corrected chi connectivity index (χ2v) is 5.62. The van der Waals surface area contributed by atoms with Gasteiger partial charge in [0, 0.05) is 19.5 Å². The van der Waals surface area contributed by atoms with Crippen molar-refractivity contribution in [3.8, 4) is 0 Å². The zero-order valence-corrected chi connectivity index (χ0v) is 10.9. The predicted molar refractivity (Wildman–Crippen MR) is 67.0 cm³/mol. The summed E-state index contributed by atoms with van der Waals surface area (Å²) in [4.78, 5) is 14.0. The van der Waals surface area contributed by atoms with Gasteiger partial charge in [0.2, 0.25) is 5.91 Å². The Bertz CT molecular complexity index is 220. The van der Waals surface area contributed by atoms with Gasteiger partial charge in [-0.25, -0.2) is 0 Å². The summed E-state index contributed by atoms with van der Waals surface area (Å²) in [6.07, 6.45) is 2.84. The summed E-state index contributed by atoms with van der Waals surface area (Å²) in [5, 5.41) is 0. The third kappa shape index (κ3) is 4.12. The van der Waals surface area contributed by atoms with Crippen LogP contribution in [0.4, 0.5) is 0 Å². The first-order chi connectivity index (χ1) is 7.52. The average Bonchev–Trinajstić information content (AvgIpc) is 2.23. The van der Waals surface area contributed by atoms with E-state index in [2.05, 4.69) is 20.8 Å². The molecule has 1 aliphatic rings. The molecule has 1 rings (SSSR count). The Labute approximate surface area is 99.4 Å². The molecule has 94 valence electrons. The molecule has 0 aromatic rings. The summed E-state index contributed by atoms with van der Waals surface area (Å²) >= 11 is 0. The van der Waals surface area contributed by atoms with Crippen molar-refractivity contribution in [2.45, 2.75) is 40.0 Å². The highest BCUT2D eigenvalue weighted by atomic mass is 16.2. The molecule has 0 bridgehead atoms. The lowest BCUT2D eigenvalue weighted by Gasteiger charge is -2.35. The Balaban J connectivity index is 2.35. The summed E-state index contributed by atoms with van der Waals surface area (Å²) in [7, 11) is 0. The van der Waals surface area contributed by atoms with Crippen molar-refractivity contribution in [1.82, 2.24) is 4.90 Å². The van der Waals surface area contributed by atoms with Crippen LogP contribution in [-0.4, -0.2) is 30.4 Å². The van der Waals surface area contributed by atoms with Crippen LogP contribution >= 0.6 is 0 Å². The van der Waals surface area contributed by atoms with E-state index in [0.29, 0.717) is 36.6 Å². The Kier molecular flexibility index (Phi) is 5.26. The molecule has 2 N–H and O–H groups in total. The smallest absolute Gasteiger partial charge is 0.222 e. The largest absolute Gasteiger partial charge is 0.342 e. The second kappa shape index (κ2) is 6.24. The lowest BCUT2D eigenvalue weighted by molar-refractivity contribution is -0.134. The maximum Gasteiger partial charge on any atom is 0.222 e. The van der Waals surface area contributed by atoms with E-state index in [-0.39, 0.29) is 0 Å². The Morgan fingerprint density at radius 2 is 1.94 bits per heavy atom. The standard InChI is InChI=1S/C13H26N2O/c1-10(7-14)4-5-13(16)15-8-11(2)6-12(3)9-15/h10-12H,4-9,14H2,1-3H3. The number of carbonyl (C=O) groups excluding carboxylic acids is 1. The molecule has 0 aromatic heterocycles. The summed E-state index contributed by atoms with van der Waals surface area (Å²) in [6.45, 7) is 9.14. The van der Waals surface area contributed by atoms with Gasteiger partial charge in [-0.3, -0.25) is 4.79 Å². The molecule has 1 amide bonds. The van der Waals surface area contributed by atoms with Gasteiger partial charge in [-0.1, -0.05) is 20.8 Å². The van der Waals surface area contributed by atoms with E-state index in [9.17, 15) is 4.79 Å². The van der Waals surface area contributed by atoms with Gasteiger partial charge in [0.15, 0.2) is 0 Å². The average molecular weight is 226 g/mol. The number of rotatable bonds is 4. The van der Waals surface area contributed by atoms with Crippen LogP contribution in [0.2, 0.25) is 0 Å².